The molecule has 0 spiro atoms. The molecular weight excluding hydrogens is 575 g/mol. The molecule has 3 heterocycles. The maximum atomic E-state index is 14.5. The van der Waals surface area contributed by atoms with E-state index in [1.165, 1.54) is 11.8 Å². The van der Waals surface area contributed by atoms with Gasteiger partial charge in [0, 0.05) is 40.3 Å². The first-order valence-electron chi connectivity index (χ1n) is 14.2. The molecule has 0 N–H and O–H groups in total. The number of amides is 1. The van der Waals surface area contributed by atoms with Gasteiger partial charge >= 0.3 is 0 Å². The summed E-state index contributed by atoms with van der Waals surface area (Å²) in [6, 6.07) is 15.8. The Morgan fingerprint density at radius 1 is 1.02 bits per heavy atom. The Labute approximate surface area is 258 Å². The fourth-order valence-electron chi connectivity index (χ4n) is 6.34. The summed E-state index contributed by atoms with van der Waals surface area (Å²) in [5, 5.41) is 2.23. The van der Waals surface area contributed by atoms with Crippen molar-refractivity contribution >= 4 is 46.0 Å². The van der Waals surface area contributed by atoms with Crippen molar-refractivity contribution in [2.24, 2.45) is 16.3 Å². The molecular formula is C32H40Cl2N4O2S. The van der Waals surface area contributed by atoms with Crippen LogP contribution in [0.15, 0.2) is 64.1 Å². The highest BCUT2D eigenvalue weighted by atomic mass is 35.5. The summed E-state index contributed by atoms with van der Waals surface area (Å²) in [5.41, 5.74) is 2.54. The lowest BCUT2D eigenvalue weighted by molar-refractivity contribution is -0.151. The van der Waals surface area contributed by atoms with Crippen LogP contribution in [0.2, 0.25) is 10.0 Å². The molecule has 1 saturated heterocycles. The lowest BCUT2D eigenvalue weighted by Crippen LogP contribution is -2.58. The van der Waals surface area contributed by atoms with Crippen molar-refractivity contribution in [2.75, 3.05) is 40.4 Å². The number of ether oxygens (including phenoxy) is 1. The fourth-order valence-corrected chi connectivity index (χ4v) is 7.95. The highest BCUT2D eigenvalue weighted by molar-refractivity contribution is 8.18. The lowest BCUT2D eigenvalue weighted by Gasteiger charge is -2.47. The molecule has 5 rings (SSSR count). The van der Waals surface area contributed by atoms with E-state index in [4.69, 9.17) is 32.9 Å². The monoisotopic (exact) mass is 614 g/mol. The van der Waals surface area contributed by atoms with Gasteiger partial charge in [-0.3, -0.25) is 4.79 Å². The normalized spacial score (nSPS) is 23.4. The van der Waals surface area contributed by atoms with Crippen LogP contribution in [-0.4, -0.2) is 72.2 Å². The molecule has 3 aliphatic rings. The third-order valence-corrected chi connectivity index (χ3v) is 9.79. The van der Waals surface area contributed by atoms with Gasteiger partial charge in [-0.15, -0.1) is 0 Å². The van der Waals surface area contributed by atoms with Gasteiger partial charge in [-0.1, -0.05) is 61.3 Å². The van der Waals surface area contributed by atoms with Crippen LogP contribution in [0.3, 0.4) is 0 Å². The van der Waals surface area contributed by atoms with E-state index in [1.54, 1.807) is 0 Å². The van der Waals surface area contributed by atoms with Crippen LogP contribution >= 0.6 is 35.0 Å². The third kappa shape index (κ3) is 5.68. The lowest BCUT2D eigenvalue weighted by atomic mass is 9.81. The molecule has 2 atom stereocenters. The van der Waals surface area contributed by atoms with Gasteiger partial charge in [0.05, 0.1) is 19.3 Å². The minimum Gasteiger partial charge on any atom is -0.380 e. The Balaban J connectivity index is 1.58. The number of aliphatic imine (C=N–C) groups is 1. The van der Waals surface area contributed by atoms with Gasteiger partial charge < -0.3 is 19.4 Å². The first-order valence-corrected chi connectivity index (χ1v) is 15.8. The number of carbonyl (C=O) groups is 1. The van der Waals surface area contributed by atoms with E-state index >= 15 is 0 Å². The largest absolute Gasteiger partial charge is 0.380 e. The molecule has 1 fully saturated rings. The van der Waals surface area contributed by atoms with Crippen molar-refractivity contribution < 1.29 is 9.53 Å². The number of rotatable bonds is 9. The molecule has 0 saturated carbocycles. The summed E-state index contributed by atoms with van der Waals surface area (Å²) in [6.07, 6.45) is 0. The number of fused-ring (bicyclic) bond motifs is 1. The van der Waals surface area contributed by atoms with Crippen LogP contribution < -0.4 is 0 Å². The van der Waals surface area contributed by atoms with Gasteiger partial charge in [0.15, 0.2) is 5.17 Å². The van der Waals surface area contributed by atoms with E-state index in [1.807, 2.05) is 29.2 Å². The quantitative estimate of drug-likeness (QED) is 0.303. The maximum absolute atomic E-state index is 14.5. The summed E-state index contributed by atoms with van der Waals surface area (Å²) in [7, 11) is 4.16. The second-order valence-electron chi connectivity index (χ2n) is 12.6. The number of nitrogens with zero attached hydrogens (tertiary/aromatic N) is 4. The first-order chi connectivity index (χ1) is 19.3. The van der Waals surface area contributed by atoms with Gasteiger partial charge in [-0.2, -0.15) is 0 Å². The zero-order valence-electron chi connectivity index (χ0n) is 24.9. The highest BCUT2D eigenvalue weighted by Gasteiger charge is 2.54. The van der Waals surface area contributed by atoms with Crippen molar-refractivity contribution in [3.63, 3.8) is 0 Å². The molecule has 2 aromatic rings. The van der Waals surface area contributed by atoms with Gasteiger partial charge in [0.2, 0.25) is 0 Å². The smallest absolute Gasteiger partial charge is 0.262 e. The van der Waals surface area contributed by atoms with Crippen molar-refractivity contribution in [2.45, 2.75) is 52.2 Å². The second kappa shape index (κ2) is 11.6. The number of allylic oxidation sites excluding steroid dienone is 1. The van der Waals surface area contributed by atoms with Gasteiger partial charge in [0.1, 0.15) is 10.4 Å². The van der Waals surface area contributed by atoms with Gasteiger partial charge in [-0.05, 0) is 87.9 Å². The average molecular weight is 616 g/mol. The number of hydrogen-bond donors (Lipinski definition) is 0. The molecule has 41 heavy (non-hydrogen) atoms. The minimum atomic E-state index is -0.591. The number of halogens is 2. The van der Waals surface area contributed by atoms with E-state index in [2.05, 4.69) is 82.8 Å². The molecule has 2 aromatic carbocycles. The Morgan fingerprint density at radius 2 is 1.61 bits per heavy atom. The van der Waals surface area contributed by atoms with Crippen LogP contribution in [0, 0.1) is 11.3 Å². The number of benzene rings is 2. The molecule has 3 aliphatic heterocycles. The molecule has 6 nitrogen and oxygen atoms in total. The summed E-state index contributed by atoms with van der Waals surface area (Å²) in [5.74, 6) is 0.173. The van der Waals surface area contributed by atoms with Crippen molar-refractivity contribution in [3.8, 4) is 0 Å². The van der Waals surface area contributed by atoms with Crippen molar-refractivity contribution in [3.05, 3.63) is 80.3 Å². The Morgan fingerprint density at radius 3 is 2.10 bits per heavy atom. The zero-order chi connectivity index (χ0) is 29.7. The third-order valence-electron chi connectivity index (χ3n) is 8.22. The Kier molecular flexibility index (Phi) is 8.59. The number of amidine groups is 1. The van der Waals surface area contributed by atoms with E-state index in [9.17, 15) is 4.79 Å². The Bertz CT molecular complexity index is 1350. The minimum absolute atomic E-state index is 0.0485. The van der Waals surface area contributed by atoms with Crippen LogP contribution in [0.4, 0.5) is 0 Å². The predicted molar refractivity (Wildman–Crippen MR) is 170 cm³/mol. The molecule has 0 radical (unpaired) electrons. The van der Waals surface area contributed by atoms with Gasteiger partial charge in [-0.25, -0.2) is 4.99 Å². The van der Waals surface area contributed by atoms with Crippen molar-refractivity contribution in [1.82, 2.24) is 14.7 Å². The van der Waals surface area contributed by atoms with E-state index in [0.29, 0.717) is 29.8 Å². The first kappa shape index (κ1) is 30.4. The van der Waals surface area contributed by atoms with E-state index in [0.717, 1.165) is 33.4 Å². The predicted octanol–water partition coefficient (Wildman–Crippen LogP) is 7.05. The van der Waals surface area contributed by atoms with E-state index < -0.39 is 5.54 Å². The van der Waals surface area contributed by atoms with Crippen molar-refractivity contribution in [1.29, 1.82) is 0 Å². The zero-order valence-corrected chi connectivity index (χ0v) is 27.3. The SMILES string of the molecule is CC(C)C1=C(C(=O)N(CC2(CN(C)C)COC2)C(C)C)SC2=N[C@@](C)(c3ccc(Cl)cc3)[C@@H](c3ccc(Cl)cc3)N21. The number of thioether (sulfide) groups is 1. The fraction of sp³-hybridized carbons (Fsp3) is 0.500. The van der Waals surface area contributed by atoms with Crippen LogP contribution in [-0.2, 0) is 15.1 Å². The Hall–Kier alpha value is -2.03. The van der Waals surface area contributed by atoms with E-state index in [-0.39, 0.29) is 29.3 Å². The van der Waals surface area contributed by atoms with Crippen LogP contribution in [0.25, 0.3) is 0 Å². The summed E-state index contributed by atoms with van der Waals surface area (Å²) < 4.78 is 5.66. The second-order valence-corrected chi connectivity index (χ2v) is 14.5. The highest BCUT2D eigenvalue weighted by Crippen LogP contribution is 2.56. The summed E-state index contributed by atoms with van der Waals surface area (Å²) >= 11 is 14.1. The van der Waals surface area contributed by atoms with Crippen LogP contribution in [0.5, 0.6) is 0 Å². The molecule has 220 valence electrons. The molecule has 1 amide bonds. The van der Waals surface area contributed by atoms with Gasteiger partial charge in [0.25, 0.3) is 5.91 Å². The summed E-state index contributed by atoms with van der Waals surface area (Å²) in [6.45, 7) is 13.6. The molecule has 0 aliphatic carbocycles. The average Bonchev–Trinajstić information content (AvgIpc) is 3.38. The molecule has 0 aromatic heterocycles. The molecule has 0 unspecified atom stereocenters. The number of hydrogen-bond acceptors (Lipinski definition) is 6. The number of carbonyl (C=O) groups excluding carboxylic acids is 1. The van der Waals surface area contributed by atoms with Crippen LogP contribution in [0.1, 0.15) is 51.8 Å². The maximum Gasteiger partial charge on any atom is 0.262 e. The molecule has 0 bridgehead atoms. The molecule has 9 heteroatoms. The topological polar surface area (TPSA) is 48.4 Å². The standard InChI is InChI=1S/C32H40Cl2N4O2S/c1-20(2)26-27(29(39)37(21(3)4)17-32(16-36(6)7)18-40-19-32)41-30-35-31(5,23-10-14-25(34)15-11-23)28(38(26)30)22-8-12-24(33)13-9-22/h8-15,20-21,28H,16-19H2,1-7H3/t28-,31+/m1/s1. The summed E-state index contributed by atoms with van der Waals surface area (Å²) in [4.78, 5) is 27.1.